The number of benzene rings is 2. The van der Waals surface area contributed by atoms with Crippen LogP contribution in [0.2, 0.25) is 10.0 Å². The summed E-state index contributed by atoms with van der Waals surface area (Å²) in [6.45, 7) is 2.94. The molecule has 7 heteroatoms. The Labute approximate surface area is 168 Å². The van der Waals surface area contributed by atoms with Crippen LogP contribution in [0.15, 0.2) is 42.5 Å². The number of aliphatic hydroxyl groups excluding tert-OH is 1. The third kappa shape index (κ3) is 4.49. The molecule has 2 N–H and O–H groups in total. The molecule has 0 spiro atoms. The average molecular weight is 409 g/mol. The van der Waals surface area contributed by atoms with Gasteiger partial charge in [0.2, 0.25) is 0 Å². The second kappa shape index (κ2) is 8.38. The lowest BCUT2D eigenvalue weighted by atomic mass is 10.0. The number of likely N-dealkylation sites (tertiary alicyclic amines) is 1. The van der Waals surface area contributed by atoms with Gasteiger partial charge in [-0.25, -0.2) is 4.79 Å². The average Bonchev–Trinajstić information content (AvgIpc) is 3.07. The van der Waals surface area contributed by atoms with Gasteiger partial charge in [0.15, 0.2) is 0 Å². The molecule has 1 heterocycles. The van der Waals surface area contributed by atoms with E-state index in [0.717, 1.165) is 18.4 Å². The molecule has 2 aromatic rings. The molecular weight excluding hydrogens is 387 g/mol. The highest BCUT2D eigenvalue weighted by Gasteiger charge is 2.38. The van der Waals surface area contributed by atoms with Gasteiger partial charge in [-0.1, -0.05) is 41.4 Å². The molecule has 144 valence electrons. The van der Waals surface area contributed by atoms with E-state index in [-0.39, 0.29) is 12.6 Å². The summed E-state index contributed by atoms with van der Waals surface area (Å²) in [5.74, 6) is 1.11. The molecule has 27 heavy (non-hydrogen) atoms. The van der Waals surface area contributed by atoms with Gasteiger partial charge < -0.3 is 20.1 Å². The molecule has 1 atom stereocenters. The lowest BCUT2D eigenvalue weighted by molar-refractivity contribution is 0.0973. The van der Waals surface area contributed by atoms with Crippen LogP contribution in [0.1, 0.15) is 25.3 Å². The van der Waals surface area contributed by atoms with Crippen LogP contribution in [-0.4, -0.2) is 34.7 Å². The summed E-state index contributed by atoms with van der Waals surface area (Å²) < 4.78 is 5.75. The number of ether oxygens (including phenoxy) is 1. The van der Waals surface area contributed by atoms with E-state index in [2.05, 4.69) is 5.32 Å². The quantitative estimate of drug-likeness (QED) is 0.743. The molecule has 1 fully saturated rings. The molecule has 5 nitrogen and oxygen atoms in total. The molecule has 2 aromatic carbocycles. The topological polar surface area (TPSA) is 61.8 Å². The Bertz CT molecular complexity index is 813. The molecule has 1 saturated heterocycles. The second-order valence-corrected chi connectivity index (χ2v) is 7.65. The molecule has 0 bridgehead atoms. The fourth-order valence-corrected chi connectivity index (χ4v) is 3.50. The van der Waals surface area contributed by atoms with E-state index in [4.69, 9.17) is 27.9 Å². The van der Waals surface area contributed by atoms with E-state index in [1.807, 2.05) is 31.2 Å². The van der Waals surface area contributed by atoms with Crippen molar-refractivity contribution in [2.75, 3.05) is 13.2 Å². The Morgan fingerprint density at radius 2 is 2.00 bits per heavy atom. The maximum absolute atomic E-state index is 12.4. The number of rotatable bonds is 5. The molecule has 0 aromatic heterocycles. The molecule has 1 aliphatic heterocycles. The number of carbonyl (C=O) groups excluding carboxylic acids is 1. The van der Waals surface area contributed by atoms with Crippen LogP contribution in [0, 0.1) is 0 Å². The summed E-state index contributed by atoms with van der Waals surface area (Å²) in [5, 5.41) is 13.3. The minimum atomic E-state index is -0.474. The Morgan fingerprint density at radius 1 is 1.26 bits per heavy atom. The van der Waals surface area contributed by atoms with Crippen molar-refractivity contribution in [1.82, 2.24) is 10.2 Å². The van der Waals surface area contributed by atoms with Crippen LogP contribution in [-0.2, 0) is 6.54 Å². The third-order valence-electron chi connectivity index (χ3n) is 4.85. The van der Waals surface area contributed by atoms with Gasteiger partial charge in [0.25, 0.3) is 0 Å². The Kier molecular flexibility index (Phi) is 6.15. The minimum Gasteiger partial charge on any atom is -0.456 e. The van der Waals surface area contributed by atoms with E-state index in [9.17, 15) is 9.90 Å². The highest BCUT2D eigenvalue weighted by atomic mass is 35.5. The second-order valence-electron chi connectivity index (χ2n) is 6.87. The van der Waals surface area contributed by atoms with Gasteiger partial charge in [-0.05, 0) is 49.6 Å². The third-order valence-corrected chi connectivity index (χ3v) is 5.65. The fourth-order valence-electron chi connectivity index (χ4n) is 3.17. The number of urea groups is 1. The lowest BCUT2D eigenvalue weighted by Crippen LogP contribution is -2.51. The number of carbonyl (C=O) groups is 1. The molecule has 2 amide bonds. The number of amides is 2. The summed E-state index contributed by atoms with van der Waals surface area (Å²) in [5.41, 5.74) is 0.468. The van der Waals surface area contributed by atoms with Gasteiger partial charge in [-0.2, -0.15) is 0 Å². The summed E-state index contributed by atoms with van der Waals surface area (Å²) in [4.78, 5) is 14.1. The molecule has 3 rings (SSSR count). The van der Waals surface area contributed by atoms with Crippen LogP contribution in [0.4, 0.5) is 4.79 Å². The van der Waals surface area contributed by atoms with Crippen LogP contribution < -0.4 is 10.1 Å². The van der Waals surface area contributed by atoms with Crippen molar-refractivity contribution in [2.24, 2.45) is 0 Å². The minimum absolute atomic E-state index is 0.0292. The maximum atomic E-state index is 12.4. The first-order valence-corrected chi connectivity index (χ1v) is 9.56. The SMILES string of the molecule is CC1(CO)CCCN1C(=O)NCc1ccc(Oc2cccc(Cl)c2Cl)cc1. The van der Waals surface area contributed by atoms with Crippen molar-refractivity contribution in [2.45, 2.75) is 31.8 Å². The number of hydrogen-bond donors (Lipinski definition) is 2. The van der Waals surface area contributed by atoms with E-state index in [0.29, 0.717) is 34.6 Å². The van der Waals surface area contributed by atoms with Gasteiger partial charge in [-0.3, -0.25) is 0 Å². The highest BCUT2D eigenvalue weighted by molar-refractivity contribution is 6.42. The van der Waals surface area contributed by atoms with Gasteiger partial charge in [-0.15, -0.1) is 0 Å². The zero-order chi connectivity index (χ0) is 19.4. The van der Waals surface area contributed by atoms with Crippen molar-refractivity contribution in [3.63, 3.8) is 0 Å². The van der Waals surface area contributed by atoms with Gasteiger partial charge in [0, 0.05) is 13.1 Å². The standard InChI is InChI=1S/C20H22Cl2N2O3/c1-20(13-25)10-3-11-24(20)19(26)23-12-14-6-8-15(9-7-14)27-17-5-2-4-16(21)18(17)22/h2,4-9,25H,3,10-13H2,1H3,(H,23,26). The molecule has 0 radical (unpaired) electrons. The lowest BCUT2D eigenvalue weighted by Gasteiger charge is -2.33. The summed E-state index contributed by atoms with van der Waals surface area (Å²) in [7, 11) is 0. The van der Waals surface area contributed by atoms with E-state index < -0.39 is 5.54 Å². The fraction of sp³-hybridized carbons (Fsp3) is 0.350. The Morgan fingerprint density at radius 3 is 2.70 bits per heavy atom. The van der Waals surface area contributed by atoms with Crippen LogP contribution in [0.25, 0.3) is 0 Å². The largest absolute Gasteiger partial charge is 0.456 e. The number of halogens is 2. The summed E-state index contributed by atoms with van der Waals surface area (Å²) in [6.07, 6.45) is 1.72. The van der Waals surface area contributed by atoms with Crippen molar-refractivity contribution >= 4 is 29.2 Å². The van der Waals surface area contributed by atoms with Gasteiger partial charge >= 0.3 is 6.03 Å². The maximum Gasteiger partial charge on any atom is 0.318 e. The van der Waals surface area contributed by atoms with Gasteiger partial charge in [0.1, 0.15) is 16.5 Å². The van der Waals surface area contributed by atoms with Crippen molar-refractivity contribution in [1.29, 1.82) is 0 Å². The number of aliphatic hydroxyl groups is 1. The van der Waals surface area contributed by atoms with Crippen molar-refractivity contribution in [3.05, 3.63) is 58.1 Å². The smallest absolute Gasteiger partial charge is 0.318 e. The normalized spacial score (nSPS) is 19.2. The zero-order valence-electron chi connectivity index (χ0n) is 15.0. The van der Waals surface area contributed by atoms with Gasteiger partial charge in [0.05, 0.1) is 17.2 Å². The zero-order valence-corrected chi connectivity index (χ0v) is 16.6. The first kappa shape index (κ1) is 19.8. The number of hydrogen-bond acceptors (Lipinski definition) is 3. The summed E-state index contributed by atoms with van der Waals surface area (Å²) in [6, 6.07) is 12.4. The van der Waals surface area contributed by atoms with E-state index in [1.54, 1.807) is 23.1 Å². The molecule has 0 aliphatic carbocycles. The Balaban J connectivity index is 1.58. The van der Waals surface area contributed by atoms with Crippen LogP contribution in [0.5, 0.6) is 11.5 Å². The van der Waals surface area contributed by atoms with Crippen molar-refractivity contribution < 1.29 is 14.6 Å². The predicted molar refractivity (Wildman–Crippen MR) is 107 cm³/mol. The molecule has 1 aliphatic rings. The van der Waals surface area contributed by atoms with Crippen LogP contribution >= 0.6 is 23.2 Å². The molecule has 0 saturated carbocycles. The van der Waals surface area contributed by atoms with E-state index in [1.165, 1.54) is 0 Å². The number of nitrogens with one attached hydrogen (secondary N) is 1. The molecule has 1 unspecified atom stereocenters. The monoisotopic (exact) mass is 408 g/mol. The van der Waals surface area contributed by atoms with Crippen molar-refractivity contribution in [3.8, 4) is 11.5 Å². The number of nitrogens with zero attached hydrogens (tertiary/aromatic N) is 1. The van der Waals surface area contributed by atoms with E-state index >= 15 is 0 Å². The first-order valence-electron chi connectivity index (χ1n) is 8.80. The first-order chi connectivity index (χ1) is 12.9. The molecular formula is C20H22Cl2N2O3. The van der Waals surface area contributed by atoms with Crippen LogP contribution in [0.3, 0.4) is 0 Å². The Hall–Kier alpha value is -1.95. The summed E-state index contributed by atoms with van der Waals surface area (Å²) >= 11 is 12.1. The predicted octanol–water partition coefficient (Wildman–Crippen LogP) is 4.84. The highest BCUT2D eigenvalue weighted by Crippen LogP contribution is 2.34.